The molecule has 1 unspecified atom stereocenters. The van der Waals surface area contributed by atoms with E-state index in [2.05, 4.69) is 51.8 Å². The summed E-state index contributed by atoms with van der Waals surface area (Å²) in [5.74, 6) is 1.60. The first-order chi connectivity index (χ1) is 9.33. The molecule has 2 aromatic rings. The van der Waals surface area contributed by atoms with Crippen molar-refractivity contribution in [3.05, 3.63) is 48.3 Å². The highest BCUT2D eigenvalue weighted by atomic mass is 15.1. The third-order valence-electron chi connectivity index (χ3n) is 2.92. The van der Waals surface area contributed by atoms with E-state index >= 15 is 0 Å². The van der Waals surface area contributed by atoms with Gasteiger partial charge in [-0.15, -0.1) is 0 Å². The molecular weight excluding hydrogens is 236 g/mol. The molecule has 0 saturated carbocycles. The van der Waals surface area contributed by atoms with Crippen LogP contribution in [0.1, 0.15) is 31.9 Å². The fourth-order valence-corrected chi connectivity index (χ4v) is 1.99. The van der Waals surface area contributed by atoms with Crippen molar-refractivity contribution in [2.75, 3.05) is 17.2 Å². The Bertz CT molecular complexity index is 499. The summed E-state index contributed by atoms with van der Waals surface area (Å²) in [7, 11) is 0. The summed E-state index contributed by atoms with van der Waals surface area (Å²) in [6, 6.07) is 10.7. The number of benzene rings is 1. The molecule has 1 heterocycles. The van der Waals surface area contributed by atoms with Crippen molar-refractivity contribution in [2.45, 2.75) is 26.3 Å². The van der Waals surface area contributed by atoms with E-state index in [-0.39, 0.29) is 6.04 Å². The monoisotopic (exact) mass is 256 g/mol. The second-order valence-corrected chi connectivity index (χ2v) is 4.34. The molecule has 0 aliphatic heterocycles. The minimum absolute atomic E-state index is 0.257. The summed E-state index contributed by atoms with van der Waals surface area (Å²) in [4.78, 5) is 8.69. The molecule has 1 atom stereocenters. The SMILES string of the molecule is CCNc1cncc(NC(CC)c2ccccc2)n1. The number of aromatic nitrogens is 2. The van der Waals surface area contributed by atoms with Crippen LogP contribution in [0.2, 0.25) is 0 Å². The Morgan fingerprint density at radius 2 is 1.79 bits per heavy atom. The van der Waals surface area contributed by atoms with E-state index in [1.165, 1.54) is 5.56 Å². The third-order valence-corrected chi connectivity index (χ3v) is 2.92. The summed E-state index contributed by atoms with van der Waals surface area (Å²) in [6.45, 7) is 5.04. The zero-order valence-electron chi connectivity index (χ0n) is 11.4. The predicted molar refractivity (Wildman–Crippen MR) is 79.3 cm³/mol. The van der Waals surface area contributed by atoms with Gasteiger partial charge in [0.25, 0.3) is 0 Å². The van der Waals surface area contributed by atoms with Crippen LogP contribution in [0, 0.1) is 0 Å². The van der Waals surface area contributed by atoms with E-state index in [9.17, 15) is 0 Å². The lowest BCUT2D eigenvalue weighted by Gasteiger charge is -2.18. The second-order valence-electron chi connectivity index (χ2n) is 4.34. The number of hydrogen-bond donors (Lipinski definition) is 2. The Hall–Kier alpha value is -2.10. The van der Waals surface area contributed by atoms with Crippen LogP contribution < -0.4 is 10.6 Å². The van der Waals surface area contributed by atoms with Gasteiger partial charge in [0.05, 0.1) is 18.4 Å². The molecule has 1 aromatic heterocycles. The van der Waals surface area contributed by atoms with Gasteiger partial charge in [-0.3, -0.25) is 4.98 Å². The summed E-state index contributed by atoms with van der Waals surface area (Å²) in [6.07, 6.45) is 4.49. The maximum absolute atomic E-state index is 4.49. The Morgan fingerprint density at radius 3 is 2.47 bits per heavy atom. The van der Waals surface area contributed by atoms with Crippen LogP contribution in [0.4, 0.5) is 11.6 Å². The molecule has 2 N–H and O–H groups in total. The minimum atomic E-state index is 0.257. The maximum Gasteiger partial charge on any atom is 0.147 e. The predicted octanol–water partition coefficient (Wildman–Crippen LogP) is 3.47. The molecule has 0 aliphatic rings. The van der Waals surface area contributed by atoms with Gasteiger partial charge >= 0.3 is 0 Å². The van der Waals surface area contributed by atoms with Crippen LogP contribution in [0.5, 0.6) is 0 Å². The molecule has 4 heteroatoms. The molecular formula is C15H20N4. The fourth-order valence-electron chi connectivity index (χ4n) is 1.99. The van der Waals surface area contributed by atoms with Gasteiger partial charge in [-0.25, -0.2) is 4.98 Å². The molecule has 0 fully saturated rings. The number of anilines is 2. The molecule has 2 rings (SSSR count). The Labute approximate surface area is 114 Å². The average molecular weight is 256 g/mol. The van der Waals surface area contributed by atoms with Gasteiger partial charge in [0, 0.05) is 6.54 Å². The summed E-state index contributed by atoms with van der Waals surface area (Å²) in [5.41, 5.74) is 1.26. The zero-order chi connectivity index (χ0) is 13.5. The van der Waals surface area contributed by atoms with E-state index in [0.29, 0.717) is 0 Å². The molecule has 0 radical (unpaired) electrons. The number of nitrogens with zero attached hydrogens (tertiary/aromatic N) is 2. The van der Waals surface area contributed by atoms with Crippen molar-refractivity contribution in [2.24, 2.45) is 0 Å². The second kappa shape index (κ2) is 6.73. The molecule has 0 amide bonds. The first kappa shape index (κ1) is 13.3. The summed E-state index contributed by atoms with van der Waals surface area (Å²) in [5, 5.41) is 6.60. The summed E-state index contributed by atoms with van der Waals surface area (Å²) < 4.78 is 0. The molecule has 0 bridgehead atoms. The third kappa shape index (κ3) is 3.68. The van der Waals surface area contributed by atoms with Crippen molar-refractivity contribution in [3.8, 4) is 0 Å². The van der Waals surface area contributed by atoms with Crippen molar-refractivity contribution in [1.29, 1.82) is 0 Å². The maximum atomic E-state index is 4.49. The van der Waals surface area contributed by atoms with Gasteiger partial charge in [0.1, 0.15) is 11.6 Å². The number of nitrogens with one attached hydrogen (secondary N) is 2. The average Bonchev–Trinajstić information content (AvgIpc) is 2.46. The van der Waals surface area contributed by atoms with Crippen molar-refractivity contribution < 1.29 is 0 Å². The molecule has 0 saturated heterocycles. The van der Waals surface area contributed by atoms with Crippen LogP contribution in [0.3, 0.4) is 0 Å². The summed E-state index contributed by atoms with van der Waals surface area (Å²) >= 11 is 0. The first-order valence-electron chi connectivity index (χ1n) is 6.71. The highest BCUT2D eigenvalue weighted by Crippen LogP contribution is 2.21. The van der Waals surface area contributed by atoms with E-state index in [1.807, 2.05) is 13.0 Å². The van der Waals surface area contributed by atoms with Crippen molar-refractivity contribution >= 4 is 11.6 Å². The van der Waals surface area contributed by atoms with Crippen molar-refractivity contribution in [1.82, 2.24) is 9.97 Å². The van der Waals surface area contributed by atoms with E-state index in [0.717, 1.165) is 24.6 Å². The molecule has 4 nitrogen and oxygen atoms in total. The first-order valence-corrected chi connectivity index (χ1v) is 6.71. The highest BCUT2D eigenvalue weighted by Gasteiger charge is 2.09. The van der Waals surface area contributed by atoms with Gasteiger partial charge in [-0.1, -0.05) is 37.3 Å². The quantitative estimate of drug-likeness (QED) is 0.831. The van der Waals surface area contributed by atoms with Gasteiger partial charge in [0.15, 0.2) is 0 Å². The van der Waals surface area contributed by atoms with Crippen LogP contribution in [0.15, 0.2) is 42.7 Å². The Balaban J connectivity index is 2.12. The number of hydrogen-bond acceptors (Lipinski definition) is 4. The van der Waals surface area contributed by atoms with Crippen molar-refractivity contribution in [3.63, 3.8) is 0 Å². The topological polar surface area (TPSA) is 49.8 Å². The van der Waals surface area contributed by atoms with Crippen LogP contribution in [-0.2, 0) is 0 Å². The van der Waals surface area contributed by atoms with Crippen LogP contribution in [0.25, 0.3) is 0 Å². The van der Waals surface area contributed by atoms with Crippen LogP contribution in [-0.4, -0.2) is 16.5 Å². The standard InChI is InChI=1S/C15H20N4/c1-3-13(12-8-6-5-7-9-12)18-15-11-16-10-14(19-15)17-4-2/h5-11,13H,3-4H2,1-2H3,(H2,17,18,19). The fraction of sp³-hybridized carbons (Fsp3) is 0.333. The Kier molecular flexibility index (Phi) is 4.72. The lowest BCUT2D eigenvalue weighted by Crippen LogP contribution is -2.11. The normalized spacial score (nSPS) is 11.9. The molecule has 19 heavy (non-hydrogen) atoms. The van der Waals surface area contributed by atoms with E-state index < -0.39 is 0 Å². The van der Waals surface area contributed by atoms with Gasteiger partial charge in [-0.05, 0) is 18.9 Å². The lowest BCUT2D eigenvalue weighted by atomic mass is 10.1. The highest BCUT2D eigenvalue weighted by molar-refractivity contribution is 5.43. The Morgan fingerprint density at radius 1 is 1.05 bits per heavy atom. The minimum Gasteiger partial charge on any atom is -0.369 e. The lowest BCUT2D eigenvalue weighted by molar-refractivity contribution is 0.743. The number of rotatable bonds is 6. The molecule has 0 spiro atoms. The van der Waals surface area contributed by atoms with Gasteiger partial charge in [0.2, 0.25) is 0 Å². The van der Waals surface area contributed by atoms with Crippen LogP contribution >= 0.6 is 0 Å². The largest absolute Gasteiger partial charge is 0.369 e. The molecule has 100 valence electrons. The smallest absolute Gasteiger partial charge is 0.147 e. The van der Waals surface area contributed by atoms with E-state index in [4.69, 9.17) is 0 Å². The van der Waals surface area contributed by atoms with Gasteiger partial charge < -0.3 is 10.6 Å². The zero-order valence-corrected chi connectivity index (χ0v) is 11.4. The molecule has 0 aliphatic carbocycles. The van der Waals surface area contributed by atoms with Gasteiger partial charge in [-0.2, -0.15) is 0 Å². The van der Waals surface area contributed by atoms with E-state index in [1.54, 1.807) is 12.4 Å². The molecule has 1 aromatic carbocycles.